The molecule has 0 radical (unpaired) electrons. The Morgan fingerprint density at radius 2 is 2.00 bits per heavy atom. The first-order chi connectivity index (χ1) is 11.9. The van der Waals surface area contributed by atoms with Crippen molar-refractivity contribution in [1.82, 2.24) is 9.88 Å². The summed E-state index contributed by atoms with van der Waals surface area (Å²) in [7, 11) is 0. The van der Waals surface area contributed by atoms with Crippen LogP contribution in [0.25, 0.3) is 0 Å². The van der Waals surface area contributed by atoms with Crippen LogP contribution in [0.4, 0.5) is 4.39 Å². The highest BCUT2D eigenvalue weighted by Gasteiger charge is 2.36. The van der Waals surface area contributed by atoms with Gasteiger partial charge in [-0.15, -0.1) is 0 Å². The lowest BCUT2D eigenvalue weighted by molar-refractivity contribution is 0.0709. The molecule has 0 saturated carbocycles. The summed E-state index contributed by atoms with van der Waals surface area (Å²) in [5, 5.41) is 10.0. The first kappa shape index (κ1) is 17.4. The Morgan fingerprint density at radius 1 is 1.28 bits per heavy atom. The normalized spacial score (nSPS) is 20.1. The summed E-state index contributed by atoms with van der Waals surface area (Å²) in [5.74, 6) is 0.00708. The fourth-order valence-corrected chi connectivity index (χ4v) is 3.04. The standard InChI is InChI=1S/C19H21FN2O3/c1-12(2)25-16-7-8-17(21-10-16)19(24)22-11-15(23)9-18(22)13-3-5-14(20)6-4-13/h3-8,10,12,15,18,23H,9,11H2,1-2H3. The Balaban J connectivity index is 1.80. The molecule has 132 valence electrons. The molecule has 1 aromatic heterocycles. The van der Waals surface area contributed by atoms with E-state index < -0.39 is 6.10 Å². The lowest BCUT2D eigenvalue weighted by Gasteiger charge is -2.24. The lowest BCUT2D eigenvalue weighted by Crippen LogP contribution is -2.32. The molecule has 25 heavy (non-hydrogen) atoms. The van der Waals surface area contributed by atoms with E-state index in [4.69, 9.17) is 4.74 Å². The summed E-state index contributed by atoms with van der Waals surface area (Å²) < 4.78 is 18.7. The van der Waals surface area contributed by atoms with Crippen molar-refractivity contribution in [1.29, 1.82) is 0 Å². The first-order valence-electron chi connectivity index (χ1n) is 8.31. The Hall–Kier alpha value is -2.47. The van der Waals surface area contributed by atoms with Gasteiger partial charge in [-0.2, -0.15) is 0 Å². The number of ether oxygens (including phenoxy) is 1. The van der Waals surface area contributed by atoms with Crippen LogP contribution in [0.1, 0.15) is 42.4 Å². The molecule has 1 fully saturated rings. The molecular formula is C19H21FN2O3. The van der Waals surface area contributed by atoms with Crippen LogP contribution in [0.2, 0.25) is 0 Å². The quantitative estimate of drug-likeness (QED) is 0.926. The first-order valence-corrected chi connectivity index (χ1v) is 8.31. The highest BCUT2D eigenvalue weighted by Crippen LogP contribution is 2.33. The topological polar surface area (TPSA) is 62.7 Å². The molecule has 5 nitrogen and oxygen atoms in total. The third-order valence-corrected chi connectivity index (χ3v) is 4.12. The average Bonchev–Trinajstić information content (AvgIpc) is 2.97. The second-order valence-electron chi connectivity index (χ2n) is 6.46. The molecule has 1 N–H and O–H groups in total. The number of likely N-dealkylation sites (tertiary alicyclic amines) is 1. The molecule has 0 aliphatic carbocycles. The minimum absolute atomic E-state index is 0.0277. The van der Waals surface area contributed by atoms with Crippen molar-refractivity contribution in [3.8, 4) is 5.75 Å². The third-order valence-electron chi connectivity index (χ3n) is 4.12. The molecule has 2 heterocycles. The van der Waals surface area contributed by atoms with Crippen molar-refractivity contribution in [2.24, 2.45) is 0 Å². The zero-order valence-corrected chi connectivity index (χ0v) is 14.2. The van der Waals surface area contributed by atoms with E-state index in [2.05, 4.69) is 4.98 Å². The molecule has 1 saturated heterocycles. The maximum Gasteiger partial charge on any atom is 0.273 e. The average molecular weight is 344 g/mol. The number of benzene rings is 1. The predicted octanol–water partition coefficient (Wildman–Crippen LogP) is 2.96. The summed E-state index contributed by atoms with van der Waals surface area (Å²) >= 11 is 0. The summed E-state index contributed by atoms with van der Waals surface area (Å²) in [5.41, 5.74) is 1.09. The van der Waals surface area contributed by atoms with E-state index in [1.807, 2.05) is 13.8 Å². The number of hydrogen-bond donors (Lipinski definition) is 1. The van der Waals surface area contributed by atoms with Gasteiger partial charge in [-0.25, -0.2) is 9.37 Å². The van der Waals surface area contributed by atoms with Gasteiger partial charge in [-0.1, -0.05) is 12.1 Å². The van der Waals surface area contributed by atoms with Crippen molar-refractivity contribution in [3.05, 3.63) is 59.7 Å². The number of aliphatic hydroxyl groups is 1. The summed E-state index contributed by atoms with van der Waals surface area (Å²) in [6.45, 7) is 4.06. The molecule has 1 aromatic carbocycles. The number of aromatic nitrogens is 1. The number of rotatable bonds is 4. The third kappa shape index (κ3) is 3.96. The van der Waals surface area contributed by atoms with Crippen LogP contribution in [0.3, 0.4) is 0 Å². The number of aliphatic hydroxyl groups excluding tert-OH is 1. The number of amides is 1. The smallest absolute Gasteiger partial charge is 0.273 e. The van der Waals surface area contributed by atoms with Gasteiger partial charge >= 0.3 is 0 Å². The van der Waals surface area contributed by atoms with Crippen molar-refractivity contribution in [2.75, 3.05) is 6.54 Å². The minimum Gasteiger partial charge on any atom is -0.489 e. The molecule has 0 spiro atoms. The van der Waals surface area contributed by atoms with E-state index in [1.54, 1.807) is 29.2 Å². The molecule has 0 bridgehead atoms. The molecule has 6 heteroatoms. The number of pyridine rings is 1. The highest BCUT2D eigenvalue weighted by molar-refractivity contribution is 5.93. The molecule has 2 aromatic rings. The van der Waals surface area contributed by atoms with Crippen LogP contribution in [0.5, 0.6) is 5.75 Å². The van der Waals surface area contributed by atoms with Gasteiger partial charge in [0.05, 0.1) is 24.4 Å². The fourth-order valence-electron chi connectivity index (χ4n) is 3.04. The second-order valence-corrected chi connectivity index (χ2v) is 6.46. The van der Waals surface area contributed by atoms with E-state index in [0.717, 1.165) is 5.56 Å². The van der Waals surface area contributed by atoms with E-state index in [0.29, 0.717) is 12.2 Å². The van der Waals surface area contributed by atoms with E-state index in [9.17, 15) is 14.3 Å². The predicted molar refractivity (Wildman–Crippen MR) is 90.8 cm³/mol. The number of halogens is 1. The molecule has 1 aliphatic heterocycles. The Bertz CT molecular complexity index is 731. The van der Waals surface area contributed by atoms with Crippen LogP contribution in [0, 0.1) is 5.82 Å². The molecule has 2 atom stereocenters. The number of carbonyl (C=O) groups is 1. The highest BCUT2D eigenvalue weighted by atomic mass is 19.1. The van der Waals surface area contributed by atoms with Crippen molar-refractivity contribution < 1.29 is 19.0 Å². The minimum atomic E-state index is -0.609. The van der Waals surface area contributed by atoms with Gasteiger partial charge in [-0.3, -0.25) is 4.79 Å². The van der Waals surface area contributed by atoms with Crippen LogP contribution >= 0.6 is 0 Å². The Kier molecular flexibility index (Phi) is 4.99. The van der Waals surface area contributed by atoms with Crippen molar-refractivity contribution in [3.63, 3.8) is 0 Å². The molecule has 1 amide bonds. The molecule has 3 rings (SSSR count). The van der Waals surface area contributed by atoms with Crippen molar-refractivity contribution >= 4 is 5.91 Å². The largest absolute Gasteiger partial charge is 0.489 e. The zero-order chi connectivity index (χ0) is 18.0. The van der Waals surface area contributed by atoms with Crippen LogP contribution < -0.4 is 4.74 Å². The van der Waals surface area contributed by atoms with Gasteiger partial charge in [0.1, 0.15) is 17.3 Å². The molecule has 1 aliphatic rings. The van der Waals surface area contributed by atoms with Gasteiger partial charge in [0.25, 0.3) is 5.91 Å². The zero-order valence-electron chi connectivity index (χ0n) is 14.2. The Morgan fingerprint density at radius 3 is 2.60 bits per heavy atom. The van der Waals surface area contributed by atoms with Crippen LogP contribution in [0.15, 0.2) is 42.6 Å². The molecule has 2 unspecified atom stereocenters. The van der Waals surface area contributed by atoms with E-state index in [-0.39, 0.29) is 36.1 Å². The van der Waals surface area contributed by atoms with Gasteiger partial charge in [0.15, 0.2) is 0 Å². The maximum absolute atomic E-state index is 13.1. The fraction of sp³-hybridized carbons (Fsp3) is 0.368. The van der Waals surface area contributed by atoms with Gasteiger partial charge in [-0.05, 0) is 50.1 Å². The maximum atomic E-state index is 13.1. The van der Waals surface area contributed by atoms with Gasteiger partial charge < -0.3 is 14.7 Å². The van der Waals surface area contributed by atoms with Crippen LogP contribution in [-0.2, 0) is 0 Å². The van der Waals surface area contributed by atoms with Crippen LogP contribution in [-0.4, -0.2) is 39.7 Å². The van der Waals surface area contributed by atoms with Gasteiger partial charge in [0.2, 0.25) is 0 Å². The van der Waals surface area contributed by atoms with E-state index >= 15 is 0 Å². The van der Waals surface area contributed by atoms with Crippen molar-refractivity contribution in [2.45, 2.75) is 38.5 Å². The lowest BCUT2D eigenvalue weighted by atomic mass is 10.0. The number of carbonyl (C=O) groups excluding carboxylic acids is 1. The van der Waals surface area contributed by atoms with Gasteiger partial charge in [0, 0.05) is 6.54 Å². The summed E-state index contributed by atoms with van der Waals surface area (Å²) in [6.07, 6.45) is 1.36. The number of nitrogens with zero attached hydrogens (tertiary/aromatic N) is 2. The summed E-state index contributed by atoms with van der Waals surface area (Å²) in [6, 6.07) is 9.04. The number of β-amino-alcohol motifs (C(OH)–C–C–N with tert-alkyl or cyclic N) is 1. The monoisotopic (exact) mass is 344 g/mol. The second kappa shape index (κ2) is 7.19. The summed E-state index contributed by atoms with van der Waals surface area (Å²) in [4.78, 5) is 18.6. The van der Waals surface area contributed by atoms with E-state index in [1.165, 1.54) is 18.3 Å². The SMILES string of the molecule is CC(C)Oc1ccc(C(=O)N2CC(O)CC2c2ccc(F)cc2)nc1. The molecular weight excluding hydrogens is 323 g/mol. The Labute approximate surface area is 146 Å². The number of hydrogen-bond acceptors (Lipinski definition) is 4.